The van der Waals surface area contributed by atoms with Gasteiger partial charge in [-0.25, -0.2) is 0 Å². The van der Waals surface area contributed by atoms with E-state index in [0.29, 0.717) is 17.6 Å². The maximum Gasteiger partial charge on any atom is 0.270 e. The van der Waals surface area contributed by atoms with E-state index < -0.39 is 0 Å². The standard InChI is InChI=1S/C14H12Br2N2O2/c15-12-3-1-2-10(4-12)8-17-9-11-5-13(16)7-14(6-11)18(19)20/h1-7,17H,8-9H2. The Morgan fingerprint density at radius 3 is 2.40 bits per heavy atom. The first-order valence-corrected chi connectivity index (χ1v) is 7.52. The Morgan fingerprint density at radius 1 is 1.00 bits per heavy atom. The van der Waals surface area contributed by atoms with Gasteiger partial charge < -0.3 is 5.32 Å². The third-order valence-corrected chi connectivity index (χ3v) is 3.65. The molecule has 4 nitrogen and oxygen atoms in total. The summed E-state index contributed by atoms with van der Waals surface area (Å²) in [7, 11) is 0. The minimum absolute atomic E-state index is 0.0960. The Hall–Kier alpha value is -1.24. The average Bonchev–Trinajstić information content (AvgIpc) is 2.38. The van der Waals surface area contributed by atoms with Gasteiger partial charge in [-0.05, 0) is 29.3 Å². The normalized spacial score (nSPS) is 10.5. The quantitative estimate of drug-likeness (QED) is 0.598. The molecule has 2 aromatic carbocycles. The van der Waals surface area contributed by atoms with Gasteiger partial charge in [-0.3, -0.25) is 10.1 Å². The summed E-state index contributed by atoms with van der Waals surface area (Å²) in [6.07, 6.45) is 0. The van der Waals surface area contributed by atoms with E-state index in [0.717, 1.165) is 15.6 Å². The molecular weight excluding hydrogens is 388 g/mol. The zero-order valence-electron chi connectivity index (χ0n) is 10.5. The highest BCUT2D eigenvalue weighted by atomic mass is 79.9. The number of nitro benzene ring substituents is 1. The number of hydrogen-bond donors (Lipinski definition) is 1. The molecule has 0 aliphatic carbocycles. The van der Waals surface area contributed by atoms with E-state index in [4.69, 9.17) is 0 Å². The van der Waals surface area contributed by atoms with Gasteiger partial charge in [0, 0.05) is 34.2 Å². The number of benzene rings is 2. The molecule has 6 heteroatoms. The van der Waals surface area contributed by atoms with Crippen LogP contribution in [-0.4, -0.2) is 4.92 Å². The molecule has 2 aromatic rings. The van der Waals surface area contributed by atoms with Crippen LogP contribution in [0.3, 0.4) is 0 Å². The SMILES string of the molecule is O=[N+]([O-])c1cc(Br)cc(CNCc2cccc(Br)c2)c1. The molecule has 0 saturated heterocycles. The fourth-order valence-electron chi connectivity index (χ4n) is 1.84. The summed E-state index contributed by atoms with van der Waals surface area (Å²) in [5, 5.41) is 14.1. The molecule has 0 bridgehead atoms. The molecule has 0 aliphatic rings. The van der Waals surface area contributed by atoms with Crippen molar-refractivity contribution in [1.82, 2.24) is 5.32 Å². The fraction of sp³-hybridized carbons (Fsp3) is 0.143. The lowest BCUT2D eigenvalue weighted by Crippen LogP contribution is -2.12. The first kappa shape index (κ1) is 15.2. The molecule has 0 radical (unpaired) electrons. The molecule has 0 atom stereocenters. The topological polar surface area (TPSA) is 55.2 Å². The number of nitro groups is 1. The highest BCUT2D eigenvalue weighted by molar-refractivity contribution is 9.10. The van der Waals surface area contributed by atoms with Crippen LogP contribution >= 0.6 is 31.9 Å². The van der Waals surface area contributed by atoms with Crippen LogP contribution in [0.1, 0.15) is 11.1 Å². The molecule has 0 unspecified atom stereocenters. The van der Waals surface area contributed by atoms with Gasteiger partial charge >= 0.3 is 0 Å². The van der Waals surface area contributed by atoms with Gasteiger partial charge in [-0.1, -0.05) is 44.0 Å². The van der Waals surface area contributed by atoms with Crippen molar-refractivity contribution < 1.29 is 4.92 Å². The monoisotopic (exact) mass is 398 g/mol. The zero-order chi connectivity index (χ0) is 14.5. The van der Waals surface area contributed by atoms with Crippen molar-refractivity contribution in [1.29, 1.82) is 0 Å². The van der Waals surface area contributed by atoms with Crippen LogP contribution in [0.25, 0.3) is 0 Å². The van der Waals surface area contributed by atoms with Gasteiger partial charge in [0.15, 0.2) is 0 Å². The minimum atomic E-state index is -0.386. The molecule has 0 saturated carbocycles. The van der Waals surface area contributed by atoms with Crippen LogP contribution < -0.4 is 5.32 Å². The van der Waals surface area contributed by atoms with Crippen LogP contribution in [0.15, 0.2) is 51.4 Å². The predicted octanol–water partition coefficient (Wildman–Crippen LogP) is 4.41. The van der Waals surface area contributed by atoms with Gasteiger partial charge in [-0.2, -0.15) is 0 Å². The second-order valence-corrected chi connectivity index (χ2v) is 6.14. The summed E-state index contributed by atoms with van der Waals surface area (Å²) in [6, 6.07) is 13.0. The molecular formula is C14H12Br2N2O2. The first-order valence-electron chi connectivity index (χ1n) is 5.93. The van der Waals surface area contributed by atoms with Gasteiger partial charge in [-0.15, -0.1) is 0 Å². The summed E-state index contributed by atoms with van der Waals surface area (Å²) >= 11 is 6.71. The van der Waals surface area contributed by atoms with Gasteiger partial charge in [0.1, 0.15) is 0 Å². The highest BCUT2D eigenvalue weighted by Gasteiger charge is 2.08. The molecule has 0 amide bonds. The molecule has 0 fully saturated rings. The number of nitrogens with one attached hydrogen (secondary N) is 1. The third kappa shape index (κ3) is 4.40. The Morgan fingerprint density at radius 2 is 1.70 bits per heavy atom. The van der Waals surface area contributed by atoms with E-state index in [1.165, 1.54) is 6.07 Å². The summed E-state index contributed by atoms with van der Waals surface area (Å²) in [4.78, 5) is 10.4. The van der Waals surface area contributed by atoms with Crippen molar-refractivity contribution in [2.24, 2.45) is 0 Å². The lowest BCUT2D eigenvalue weighted by Gasteiger charge is -2.06. The van der Waals surface area contributed by atoms with Gasteiger partial charge in [0.05, 0.1) is 4.92 Å². The van der Waals surface area contributed by atoms with E-state index in [-0.39, 0.29) is 10.6 Å². The number of halogens is 2. The number of non-ortho nitro benzene ring substituents is 1. The molecule has 0 spiro atoms. The Kier molecular flexibility index (Phi) is 5.28. The van der Waals surface area contributed by atoms with Gasteiger partial charge in [0.25, 0.3) is 5.69 Å². The van der Waals surface area contributed by atoms with E-state index in [9.17, 15) is 10.1 Å². The van der Waals surface area contributed by atoms with E-state index in [1.807, 2.05) is 30.3 Å². The number of hydrogen-bond acceptors (Lipinski definition) is 3. The molecule has 104 valence electrons. The largest absolute Gasteiger partial charge is 0.309 e. The Bertz CT molecular complexity index is 632. The van der Waals surface area contributed by atoms with Crippen LogP contribution in [0.2, 0.25) is 0 Å². The van der Waals surface area contributed by atoms with Crippen molar-refractivity contribution in [3.8, 4) is 0 Å². The second kappa shape index (κ2) is 6.97. The highest BCUT2D eigenvalue weighted by Crippen LogP contribution is 2.21. The molecule has 2 rings (SSSR count). The van der Waals surface area contributed by atoms with Crippen LogP contribution in [-0.2, 0) is 13.1 Å². The molecule has 0 aliphatic heterocycles. The third-order valence-electron chi connectivity index (χ3n) is 2.70. The molecule has 0 heterocycles. The lowest BCUT2D eigenvalue weighted by molar-refractivity contribution is -0.385. The number of rotatable bonds is 5. The Labute approximate surface area is 133 Å². The zero-order valence-corrected chi connectivity index (χ0v) is 13.6. The van der Waals surface area contributed by atoms with Crippen molar-refractivity contribution in [3.05, 3.63) is 72.7 Å². The van der Waals surface area contributed by atoms with Crippen LogP contribution in [0.5, 0.6) is 0 Å². The second-order valence-electron chi connectivity index (χ2n) is 4.31. The van der Waals surface area contributed by atoms with E-state index >= 15 is 0 Å². The van der Waals surface area contributed by atoms with Crippen molar-refractivity contribution in [2.45, 2.75) is 13.1 Å². The maximum absolute atomic E-state index is 10.8. The van der Waals surface area contributed by atoms with Crippen molar-refractivity contribution >= 4 is 37.5 Å². The van der Waals surface area contributed by atoms with E-state index in [1.54, 1.807) is 6.07 Å². The minimum Gasteiger partial charge on any atom is -0.309 e. The molecule has 20 heavy (non-hydrogen) atoms. The molecule has 0 aromatic heterocycles. The lowest BCUT2D eigenvalue weighted by atomic mass is 10.2. The summed E-state index contributed by atoms with van der Waals surface area (Å²) in [6.45, 7) is 1.28. The predicted molar refractivity (Wildman–Crippen MR) is 85.5 cm³/mol. The van der Waals surface area contributed by atoms with Crippen molar-refractivity contribution in [2.75, 3.05) is 0 Å². The van der Waals surface area contributed by atoms with Crippen LogP contribution in [0.4, 0.5) is 5.69 Å². The number of nitrogens with zero attached hydrogens (tertiary/aromatic N) is 1. The van der Waals surface area contributed by atoms with E-state index in [2.05, 4.69) is 37.2 Å². The maximum atomic E-state index is 10.8. The summed E-state index contributed by atoms with van der Waals surface area (Å²) < 4.78 is 1.75. The molecule has 1 N–H and O–H groups in total. The summed E-state index contributed by atoms with van der Waals surface area (Å²) in [5.41, 5.74) is 2.13. The van der Waals surface area contributed by atoms with Crippen molar-refractivity contribution in [3.63, 3.8) is 0 Å². The fourth-order valence-corrected chi connectivity index (χ4v) is 2.81. The van der Waals surface area contributed by atoms with Crippen LogP contribution in [0, 0.1) is 10.1 Å². The first-order chi connectivity index (χ1) is 9.54. The average molecular weight is 400 g/mol. The smallest absolute Gasteiger partial charge is 0.270 e. The Balaban J connectivity index is 1.99. The summed E-state index contributed by atoms with van der Waals surface area (Å²) in [5.74, 6) is 0. The van der Waals surface area contributed by atoms with Gasteiger partial charge in [0.2, 0.25) is 0 Å².